The van der Waals surface area contributed by atoms with Crippen molar-refractivity contribution in [2.75, 3.05) is 7.11 Å². The molecule has 0 aromatic heterocycles. The number of hydrogen-bond donors (Lipinski definition) is 1. The number of methoxy groups -OCH3 is 1. The van der Waals surface area contributed by atoms with Gasteiger partial charge in [0, 0.05) is 0 Å². The standard InChI is InChI=1S/C11H15NO3/c1-7-4-8(2)10(11(13)14-3)5-9(7)6-15-12/h4-5H,6,12H2,1-3H3. The Hall–Kier alpha value is -1.39. The van der Waals surface area contributed by atoms with Gasteiger partial charge in [-0.2, -0.15) is 0 Å². The van der Waals surface area contributed by atoms with Crippen LogP contribution in [0.25, 0.3) is 0 Å². The number of benzene rings is 1. The number of nitrogens with two attached hydrogens (primary N) is 1. The third-order valence-electron chi connectivity index (χ3n) is 2.33. The van der Waals surface area contributed by atoms with Gasteiger partial charge in [-0.1, -0.05) is 6.07 Å². The molecule has 4 heteroatoms. The zero-order chi connectivity index (χ0) is 11.4. The van der Waals surface area contributed by atoms with Crippen LogP contribution in [0, 0.1) is 13.8 Å². The molecule has 1 aromatic rings. The number of aryl methyl sites for hydroxylation is 2. The van der Waals surface area contributed by atoms with Gasteiger partial charge in [0.05, 0.1) is 19.3 Å². The summed E-state index contributed by atoms with van der Waals surface area (Å²) in [5.41, 5.74) is 3.38. The molecule has 0 heterocycles. The Morgan fingerprint density at radius 1 is 1.33 bits per heavy atom. The summed E-state index contributed by atoms with van der Waals surface area (Å²) < 4.78 is 4.68. The zero-order valence-corrected chi connectivity index (χ0v) is 9.16. The summed E-state index contributed by atoms with van der Waals surface area (Å²) in [6.07, 6.45) is 0. The van der Waals surface area contributed by atoms with Gasteiger partial charge < -0.3 is 4.74 Å². The number of hydrogen-bond acceptors (Lipinski definition) is 4. The molecule has 0 unspecified atom stereocenters. The second-order valence-corrected chi connectivity index (χ2v) is 3.40. The zero-order valence-electron chi connectivity index (χ0n) is 9.16. The number of rotatable bonds is 3. The molecule has 0 radical (unpaired) electrons. The highest BCUT2D eigenvalue weighted by Gasteiger charge is 2.11. The van der Waals surface area contributed by atoms with Crippen molar-refractivity contribution < 1.29 is 14.4 Å². The second-order valence-electron chi connectivity index (χ2n) is 3.40. The van der Waals surface area contributed by atoms with Gasteiger partial charge in [0.1, 0.15) is 0 Å². The van der Waals surface area contributed by atoms with Gasteiger partial charge >= 0.3 is 5.97 Å². The molecule has 0 saturated carbocycles. The third-order valence-corrected chi connectivity index (χ3v) is 2.33. The number of esters is 1. The van der Waals surface area contributed by atoms with Gasteiger partial charge in [0.15, 0.2) is 0 Å². The molecular formula is C11H15NO3. The highest BCUT2D eigenvalue weighted by Crippen LogP contribution is 2.17. The average Bonchev–Trinajstić information content (AvgIpc) is 2.21. The van der Waals surface area contributed by atoms with E-state index in [0.717, 1.165) is 16.7 Å². The summed E-state index contributed by atoms with van der Waals surface area (Å²) in [7, 11) is 1.36. The van der Waals surface area contributed by atoms with Crippen molar-refractivity contribution in [1.29, 1.82) is 0 Å². The van der Waals surface area contributed by atoms with Crippen LogP contribution in [-0.2, 0) is 16.2 Å². The Bertz CT molecular complexity index is 374. The van der Waals surface area contributed by atoms with Gasteiger partial charge in [0.25, 0.3) is 0 Å². The fourth-order valence-electron chi connectivity index (χ4n) is 1.47. The van der Waals surface area contributed by atoms with Gasteiger partial charge in [-0.3, -0.25) is 4.84 Å². The van der Waals surface area contributed by atoms with Crippen LogP contribution >= 0.6 is 0 Å². The van der Waals surface area contributed by atoms with Crippen LogP contribution in [0.3, 0.4) is 0 Å². The van der Waals surface area contributed by atoms with E-state index in [-0.39, 0.29) is 12.6 Å². The lowest BCUT2D eigenvalue weighted by molar-refractivity contribution is 0.0599. The summed E-state index contributed by atoms with van der Waals surface area (Å²) in [6, 6.07) is 3.67. The molecule has 0 bridgehead atoms. The van der Waals surface area contributed by atoms with E-state index in [0.29, 0.717) is 5.56 Å². The quantitative estimate of drug-likeness (QED) is 0.605. The van der Waals surface area contributed by atoms with Crippen LogP contribution in [0.1, 0.15) is 27.0 Å². The molecule has 82 valence electrons. The van der Waals surface area contributed by atoms with Crippen LogP contribution in [0.2, 0.25) is 0 Å². The van der Waals surface area contributed by atoms with Crippen molar-refractivity contribution in [3.63, 3.8) is 0 Å². The Kier molecular flexibility index (Phi) is 3.82. The Morgan fingerprint density at radius 3 is 2.53 bits per heavy atom. The maximum absolute atomic E-state index is 11.4. The lowest BCUT2D eigenvalue weighted by atomic mass is 10.0. The molecule has 0 atom stereocenters. The molecular weight excluding hydrogens is 194 g/mol. The van der Waals surface area contributed by atoms with Gasteiger partial charge in [-0.05, 0) is 36.6 Å². The first-order valence-corrected chi connectivity index (χ1v) is 4.60. The molecule has 0 saturated heterocycles. The van der Waals surface area contributed by atoms with Crippen LogP contribution in [-0.4, -0.2) is 13.1 Å². The smallest absolute Gasteiger partial charge is 0.338 e. The fourth-order valence-corrected chi connectivity index (χ4v) is 1.47. The minimum atomic E-state index is -0.342. The minimum Gasteiger partial charge on any atom is -0.465 e. The molecule has 1 aromatic carbocycles. The van der Waals surface area contributed by atoms with Crippen molar-refractivity contribution in [1.82, 2.24) is 0 Å². The largest absolute Gasteiger partial charge is 0.465 e. The van der Waals surface area contributed by atoms with Gasteiger partial charge in [-0.25, -0.2) is 10.7 Å². The third kappa shape index (κ3) is 2.55. The van der Waals surface area contributed by atoms with Crippen molar-refractivity contribution in [3.05, 3.63) is 34.4 Å². The fraction of sp³-hybridized carbons (Fsp3) is 0.364. The van der Waals surface area contributed by atoms with E-state index in [9.17, 15) is 4.79 Å². The van der Waals surface area contributed by atoms with Crippen LogP contribution < -0.4 is 5.90 Å². The lowest BCUT2D eigenvalue weighted by Gasteiger charge is -2.09. The van der Waals surface area contributed by atoms with E-state index >= 15 is 0 Å². The summed E-state index contributed by atoms with van der Waals surface area (Å²) in [6.45, 7) is 4.10. The number of carbonyl (C=O) groups excluding carboxylic acids is 1. The van der Waals surface area contributed by atoms with Crippen molar-refractivity contribution >= 4 is 5.97 Å². The van der Waals surface area contributed by atoms with E-state index in [4.69, 9.17) is 5.90 Å². The highest BCUT2D eigenvalue weighted by molar-refractivity contribution is 5.91. The first kappa shape index (κ1) is 11.7. The Balaban J connectivity index is 3.17. The molecule has 0 fully saturated rings. The number of carbonyl (C=O) groups is 1. The highest BCUT2D eigenvalue weighted by atomic mass is 16.6. The molecule has 4 nitrogen and oxygen atoms in total. The summed E-state index contributed by atoms with van der Waals surface area (Å²) in [5, 5.41) is 0. The van der Waals surface area contributed by atoms with Gasteiger partial charge in [-0.15, -0.1) is 0 Å². The maximum atomic E-state index is 11.4. The Morgan fingerprint density at radius 2 is 2.00 bits per heavy atom. The SMILES string of the molecule is COC(=O)c1cc(CON)c(C)cc1C. The molecule has 0 aliphatic heterocycles. The van der Waals surface area contributed by atoms with E-state index < -0.39 is 0 Å². The molecule has 0 spiro atoms. The monoisotopic (exact) mass is 209 g/mol. The van der Waals surface area contributed by atoms with Crippen molar-refractivity contribution in [2.45, 2.75) is 20.5 Å². The van der Waals surface area contributed by atoms with E-state index in [1.807, 2.05) is 19.9 Å². The predicted molar refractivity (Wildman–Crippen MR) is 56.2 cm³/mol. The summed E-state index contributed by atoms with van der Waals surface area (Å²) in [4.78, 5) is 16.0. The summed E-state index contributed by atoms with van der Waals surface area (Å²) in [5.74, 6) is 4.67. The van der Waals surface area contributed by atoms with Crippen LogP contribution in [0.4, 0.5) is 0 Å². The van der Waals surface area contributed by atoms with Crippen molar-refractivity contribution in [2.24, 2.45) is 5.90 Å². The molecule has 15 heavy (non-hydrogen) atoms. The van der Waals surface area contributed by atoms with E-state index in [2.05, 4.69) is 9.57 Å². The van der Waals surface area contributed by atoms with Crippen LogP contribution in [0.5, 0.6) is 0 Å². The molecule has 0 amide bonds. The minimum absolute atomic E-state index is 0.288. The normalized spacial score (nSPS) is 10.1. The lowest BCUT2D eigenvalue weighted by Crippen LogP contribution is -2.07. The molecule has 0 aliphatic rings. The van der Waals surface area contributed by atoms with Crippen LogP contribution in [0.15, 0.2) is 12.1 Å². The summed E-state index contributed by atoms with van der Waals surface area (Å²) >= 11 is 0. The van der Waals surface area contributed by atoms with Gasteiger partial charge in [0.2, 0.25) is 0 Å². The number of ether oxygens (including phenoxy) is 1. The van der Waals surface area contributed by atoms with Crippen molar-refractivity contribution in [3.8, 4) is 0 Å². The maximum Gasteiger partial charge on any atom is 0.338 e. The topological polar surface area (TPSA) is 61.5 Å². The first-order valence-electron chi connectivity index (χ1n) is 4.60. The predicted octanol–water partition coefficient (Wildman–Crippen LogP) is 1.48. The first-order chi connectivity index (χ1) is 7.10. The average molecular weight is 209 g/mol. The second kappa shape index (κ2) is 4.91. The molecule has 1 rings (SSSR count). The Labute approximate surface area is 88.9 Å². The van der Waals surface area contributed by atoms with E-state index in [1.54, 1.807) is 6.07 Å². The van der Waals surface area contributed by atoms with E-state index in [1.165, 1.54) is 7.11 Å². The molecule has 0 aliphatic carbocycles. The molecule has 2 N–H and O–H groups in total.